The van der Waals surface area contributed by atoms with E-state index in [1.54, 1.807) is 31.4 Å². The van der Waals surface area contributed by atoms with E-state index in [0.29, 0.717) is 23.5 Å². The lowest BCUT2D eigenvalue weighted by Gasteiger charge is -2.10. The van der Waals surface area contributed by atoms with Crippen molar-refractivity contribution in [2.24, 2.45) is 0 Å². The third-order valence-electron chi connectivity index (χ3n) is 2.31. The van der Waals surface area contributed by atoms with E-state index >= 15 is 0 Å². The van der Waals surface area contributed by atoms with Crippen LogP contribution in [0.25, 0.3) is 6.08 Å². The van der Waals surface area contributed by atoms with E-state index in [4.69, 9.17) is 14.6 Å². The first-order valence-electron chi connectivity index (χ1n) is 5.25. The number of hydrogen-bond acceptors (Lipinski definition) is 4. The van der Waals surface area contributed by atoms with Gasteiger partial charge in [-0.25, -0.2) is 0 Å². The minimum absolute atomic E-state index is 0.0835. The SMILES string of the molecule is COc1cc(C=O)c(C=CCCO)cc1OC. The molecule has 4 heteroatoms. The molecule has 4 nitrogen and oxygen atoms in total. The smallest absolute Gasteiger partial charge is 0.161 e. The Morgan fingerprint density at radius 1 is 1.18 bits per heavy atom. The van der Waals surface area contributed by atoms with Crippen LogP contribution in [0, 0.1) is 0 Å². The first kappa shape index (κ1) is 13.3. The topological polar surface area (TPSA) is 55.8 Å². The lowest BCUT2D eigenvalue weighted by molar-refractivity contribution is 0.112. The fourth-order valence-electron chi connectivity index (χ4n) is 1.44. The van der Waals surface area contributed by atoms with Gasteiger partial charge in [-0.15, -0.1) is 0 Å². The van der Waals surface area contributed by atoms with E-state index in [9.17, 15) is 4.79 Å². The summed E-state index contributed by atoms with van der Waals surface area (Å²) in [7, 11) is 3.06. The van der Waals surface area contributed by atoms with Gasteiger partial charge in [0.1, 0.15) is 0 Å². The molecule has 1 N–H and O–H groups in total. The van der Waals surface area contributed by atoms with Crippen molar-refractivity contribution >= 4 is 12.4 Å². The van der Waals surface area contributed by atoms with Gasteiger partial charge in [-0.3, -0.25) is 4.79 Å². The van der Waals surface area contributed by atoms with Crippen molar-refractivity contribution in [3.8, 4) is 11.5 Å². The molecule has 0 unspecified atom stereocenters. The third-order valence-corrected chi connectivity index (χ3v) is 2.31. The molecule has 0 aliphatic carbocycles. The number of hydrogen-bond donors (Lipinski definition) is 1. The fourth-order valence-corrected chi connectivity index (χ4v) is 1.44. The lowest BCUT2D eigenvalue weighted by Crippen LogP contribution is -1.95. The van der Waals surface area contributed by atoms with Gasteiger partial charge < -0.3 is 14.6 Å². The number of aliphatic hydroxyl groups excluding tert-OH is 1. The highest BCUT2D eigenvalue weighted by Gasteiger charge is 2.08. The molecule has 0 radical (unpaired) electrons. The van der Waals surface area contributed by atoms with Gasteiger partial charge in [0.25, 0.3) is 0 Å². The van der Waals surface area contributed by atoms with Crippen molar-refractivity contribution in [2.75, 3.05) is 20.8 Å². The van der Waals surface area contributed by atoms with Gasteiger partial charge in [0.15, 0.2) is 17.8 Å². The standard InChI is InChI=1S/C13H16O4/c1-16-12-7-10(5-3-4-6-14)11(9-15)8-13(12)17-2/h3,5,7-9,14H,4,6H2,1-2H3. The van der Waals surface area contributed by atoms with Crippen LogP contribution in [0.3, 0.4) is 0 Å². The van der Waals surface area contributed by atoms with Crippen LogP contribution in [-0.4, -0.2) is 32.2 Å². The van der Waals surface area contributed by atoms with Crippen LogP contribution in [0.4, 0.5) is 0 Å². The zero-order chi connectivity index (χ0) is 12.7. The Kier molecular flexibility index (Phi) is 5.23. The van der Waals surface area contributed by atoms with E-state index in [2.05, 4.69) is 0 Å². The highest BCUT2D eigenvalue weighted by atomic mass is 16.5. The summed E-state index contributed by atoms with van der Waals surface area (Å²) in [5.74, 6) is 1.09. The number of carbonyl (C=O) groups excluding carboxylic acids is 1. The lowest BCUT2D eigenvalue weighted by atomic mass is 10.1. The molecular formula is C13H16O4. The second-order valence-corrected chi connectivity index (χ2v) is 3.37. The maximum Gasteiger partial charge on any atom is 0.161 e. The fraction of sp³-hybridized carbons (Fsp3) is 0.308. The summed E-state index contributed by atoms with van der Waals surface area (Å²) < 4.78 is 10.3. The van der Waals surface area contributed by atoms with Crippen LogP contribution in [-0.2, 0) is 0 Å². The van der Waals surface area contributed by atoms with Crippen LogP contribution in [0.2, 0.25) is 0 Å². The minimum Gasteiger partial charge on any atom is -0.493 e. The first-order chi connectivity index (χ1) is 8.26. The van der Waals surface area contributed by atoms with Gasteiger partial charge in [0, 0.05) is 12.2 Å². The van der Waals surface area contributed by atoms with Gasteiger partial charge >= 0.3 is 0 Å². The summed E-state index contributed by atoms with van der Waals surface area (Å²) in [6.07, 6.45) is 4.89. The van der Waals surface area contributed by atoms with Crippen LogP contribution in [0.1, 0.15) is 22.3 Å². The Balaban J connectivity index is 3.14. The summed E-state index contributed by atoms with van der Waals surface area (Å²) >= 11 is 0. The van der Waals surface area contributed by atoms with E-state index in [1.165, 1.54) is 7.11 Å². The molecule has 17 heavy (non-hydrogen) atoms. The minimum atomic E-state index is 0.0835. The van der Waals surface area contributed by atoms with E-state index in [0.717, 1.165) is 11.8 Å². The summed E-state index contributed by atoms with van der Waals surface area (Å²) in [5, 5.41) is 8.69. The van der Waals surface area contributed by atoms with Crippen molar-refractivity contribution in [1.82, 2.24) is 0 Å². The van der Waals surface area contributed by atoms with Gasteiger partial charge in [-0.1, -0.05) is 12.2 Å². The van der Waals surface area contributed by atoms with Crippen molar-refractivity contribution in [3.05, 3.63) is 29.3 Å². The Morgan fingerprint density at radius 3 is 2.24 bits per heavy atom. The van der Waals surface area contributed by atoms with Crippen LogP contribution in [0.5, 0.6) is 11.5 Å². The van der Waals surface area contributed by atoms with Gasteiger partial charge in [0.2, 0.25) is 0 Å². The predicted molar refractivity (Wildman–Crippen MR) is 65.7 cm³/mol. The average molecular weight is 236 g/mol. The van der Waals surface area contributed by atoms with Gasteiger partial charge in [-0.2, -0.15) is 0 Å². The van der Waals surface area contributed by atoms with E-state index < -0.39 is 0 Å². The molecular weight excluding hydrogens is 220 g/mol. The molecule has 0 aliphatic heterocycles. The number of methoxy groups -OCH3 is 2. The molecule has 0 aromatic heterocycles. The van der Waals surface area contributed by atoms with E-state index in [1.807, 2.05) is 0 Å². The molecule has 0 atom stereocenters. The number of aldehydes is 1. The number of ether oxygens (including phenoxy) is 2. The molecule has 1 rings (SSSR count). The Morgan fingerprint density at radius 2 is 1.76 bits per heavy atom. The largest absolute Gasteiger partial charge is 0.493 e. The van der Waals surface area contributed by atoms with Crippen molar-refractivity contribution in [2.45, 2.75) is 6.42 Å². The molecule has 1 aromatic carbocycles. The maximum atomic E-state index is 10.9. The summed E-state index contributed by atoms with van der Waals surface area (Å²) in [6, 6.07) is 3.36. The Hall–Kier alpha value is -1.81. The summed E-state index contributed by atoms with van der Waals surface area (Å²) in [4.78, 5) is 10.9. The summed E-state index contributed by atoms with van der Waals surface area (Å²) in [5.41, 5.74) is 1.27. The van der Waals surface area contributed by atoms with Gasteiger partial charge in [0.05, 0.1) is 14.2 Å². The molecule has 0 amide bonds. The molecule has 0 spiro atoms. The molecule has 1 aromatic rings. The Labute approximate surface area is 100 Å². The number of rotatable bonds is 6. The van der Waals surface area contributed by atoms with Crippen molar-refractivity contribution < 1.29 is 19.4 Å². The highest BCUT2D eigenvalue weighted by molar-refractivity contribution is 5.83. The molecule has 92 valence electrons. The van der Waals surface area contributed by atoms with Crippen LogP contribution < -0.4 is 9.47 Å². The zero-order valence-corrected chi connectivity index (χ0v) is 9.97. The monoisotopic (exact) mass is 236 g/mol. The van der Waals surface area contributed by atoms with Crippen LogP contribution >= 0.6 is 0 Å². The second kappa shape index (κ2) is 6.70. The van der Waals surface area contributed by atoms with Gasteiger partial charge in [-0.05, 0) is 24.1 Å². The molecule has 0 fully saturated rings. The average Bonchev–Trinajstić information content (AvgIpc) is 2.38. The highest BCUT2D eigenvalue weighted by Crippen LogP contribution is 2.30. The number of benzene rings is 1. The number of aliphatic hydroxyl groups is 1. The quantitative estimate of drug-likeness (QED) is 0.766. The Bertz CT molecular complexity index is 410. The molecule has 0 saturated carbocycles. The van der Waals surface area contributed by atoms with Crippen molar-refractivity contribution in [1.29, 1.82) is 0 Å². The van der Waals surface area contributed by atoms with E-state index in [-0.39, 0.29) is 6.61 Å². The molecule has 0 bridgehead atoms. The third kappa shape index (κ3) is 3.32. The first-order valence-corrected chi connectivity index (χ1v) is 5.25. The second-order valence-electron chi connectivity index (χ2n) is 3.37. The zero-order valence-electron chi connectivity index (χ0n) is 9.97. The summed E-state index contributed by atoms with van der Waals surface area (Å²) in [6.45, 7) is 0.0835. The normalized spacial score (nSPS) is 10.5. The predicted octanol–water partition coefficient (Wildman–Crippen LogP) is 1.91. The number of carbonyl (C=O) groups is 1. The maximum absolute atomic E-state index is 10.9. The van der Waals surface area contributed by atoms with Crippen molar-refractivity contribution in [3.63, 3.8) is 0 Å². The molecule has 0 aliphatic rings. The molecule has 0 heterocycles. The van der Waals surface area contributed by atoms with Crippen LogP contribution in [0.15, 0.2) is 18.2 Å². The molecule has 0 saturated heterocycles.